The van der Waals surface area contributed by atoms with E-state index in [0.29, 0.717) is 0 Å². The van der Waals surface area contributed by atoms with E-state index in [4.69, 9.17) is 0 Å². The molecule has 0 saturated carbocycles. The van der Waals surface area contributed by atoms with E-state index in [1.54, 1.807) is 18.2 Å². The molecule has 0 atom stereocenters. The molecule has 0 radical (unpaired) electrons. The van der Waals surface area contributed by atoms with Crippen LogP contribution < -0.4 is 51.4 Å². The third-order valence-corrected chi connectivity index (χ3v) is 2.67. The summed E-state index contributed by atoms with van der Waals surface area (Å²) in [6.45, 7) is 3.37. The van der Waals surface area contributed by atoms with Crippen LogP contribution in [0, 0.1) is 0 Å². The molecule has 0 aliphatic carbocycles. The molecule has 0 bridgehead atoms. The van der Waals surface area contributed by atoms with Gasteiger partial charge in [0.1, 0.15) is 0 Å². The van der Waals surface area contributed by atoms with Gasteiger partial charge >= 0.3 is 51.4 Å². The molecule has 0 fully saturated rings. The topological polar surface area (TPSA) is 43.4 Å². The van der Waals surface area contributed by atoms with Gasteiger partial charge in [0.2, 0.25) is 0 Å². The van der Waals surface area contributed by atoms with Crippen molar-refractivity contribution in [1.29, 1.82) is 0 Å². The molecule has 0 amide bonds. The van der Waals surface area contributed by atoms with Crippen LogP contribution in [0.1, 0.15) is 1.43 Å². The maximum Gasteiger partial charge on any atom is 1.00 e. The van der Waals surface area contributed by atoms with Crippen LogP contribution in [-0.2, 0) is 14.3 Å². The molecule has 1 aromatic carbocycles. The van der Waals surface area contributed by atoms with Gasteiger partial charge < -0.3 is 1.43 Å². The van der Waals surface area contributed by atoms with Crippen molar-refractivity contribution in [3.63, 3.8) is 0 Å². The number of hydrogen-bond donors (Lipinski definition) is 0. The summed E-state index contributed by atoms with van der Waals surface area (Å²) in [6, 6.07) is 8.00. The molecule has 1 rings (SSSR count). The van der Waals surface area contributed by atoms with Crippen LogP contribution in [0.2, 0.25) is 0 Å². The minimum atomic E-state index is -3.59. The zero-order valence-corrected chi connectivity index (χ0v) is 12.0. The second kappa shape index (κ2) is 6.89. The molecule has 14 heavy (non-hydrogen) atoms. The fourth-order valence-electron chi connectivity index (χ4n) is 0.793. The molecule has 5 heteroatoms. The maximum absolute atomic E-state index is 11.3. The fourth-order valence-corrected chi connectivity index (χ4v) is 1.69. The second-order valence-corrected chi connectivity index (χ2v) is 3.96. The van der Waals surface area contributed by atoms with E-state index < -0.39 is 10.1 Å². The largest absolute Gasteiger partial charge is 1.00 e. The second-order valence-electron chi connectivity index (χ2n) is 2.34. The molecule has 3 nitrogen and oxygen atoms in total. The normalized spacial score (nSPS) is 10.3. The summed E-state index contributed by atoms with van der Waals surface area (Å²) in [7, 11) is -3.59. The average molecular weight is 238 g/mol. The maximum atomic E-state index is 11.3. The third kappa shape index (κ3) is 4.35. The van der Waals surface area contributed by atoms with E-state index in [2.05, 4.69) is 10.8 Å². The van der Waals surface area contributed by atoms with Crippen LogP contribution in [0.25, 0.3) is 0 Å². The molecular formula is C9H11KO3S. The first-order valence-corrected chi connectivity index (χ1v) is 5.13. The Morgan fingerprint density at radius 2 is 1.93 bits per heavy atom. The molecular weight excluding hydrogens is 227 g/mol. The van der Waals surface area contributed by atoms with Crippen molar-refractivity contribution in [2.75, 3.05) is 6.61 Å². The summed E-state index contributed by atoms with van der Waals surface area (Å²) >= 11 is 0. The summed E-state index contributed by atoms with van der Waals surface area (Å²) in [5.41, 5.74) is 0. The number of benzene rings is 1. The van der Waals surface area contributed by atoms with E-state index in [9.17, 15) is 8.42 Å². The third-order valence-electron chi connectivity index (χ3n) is 1.37. The van der Waals surface area contributed by atoms with Crippen molar-refractivity contribution in [3.05, 3.63) is 43.0 Å². The summed E-state index contributed by atoms with van der Waals surface area (Å²) in [6.07, 6.45) is 1.39. The molecule has 72 valence electrons. The van der Waals surface area contributed by atoms with Gasteiger partial charge in [-0.3, -0.25) is 4.18 Å². The molecule has 0 aliphatic heterocycles. The molecule has 0 N–H and O–H groups in total. The predicted octanol–water partition coefficient (Wildman–Crippen LogP) is -1.31. The van der Waals surface area contributed by atoms with Gasteiger partial charge in [0.15, 0.2) is 0 Å². The van der Waals surface area contributed by atoms with Crippen LogP contribution >= 0.6 is 0 Å². The Morgan fingerprint density at radius 1 is 1.36 bits per heavy atom. The van der Waals surface area contributed by atoms with Crippen molar-refractivity contribution in [3.8, 4) is 0 Å². The van der Waals surface area contributed by atoms with Crippen molar-refractivity contribution in [1.82, 2.24) is 0 Å². The van der Waals surface area contributed by atoms with Gasteiger partial charge in [-0.25, -0.2) is 0 Å². The number of hydrogen-bond acceptors (Lipinski definition) is 3. The fraction of sp³-hybridized carbons (Fsp3) is 0.111. The van der Waals surface area contributed by atoms with Gasteiger partial charge in [-0.1, -0.05) is 24.3 Å². The first-order chi connectivity index (χ1) is 6.17. The van der Waals surface area contributed by atoms with Crippen molar-refractivity contribution in [2.24, 2.45) is 0 Å². The van der Waals surface area contributed by atoms with Gasteiger partial charge in [-0.2, -0.15) is 8.42 Å². The van der Waals surface area contributed by atoms with Gasteiger partial charge in [-0.15, -0.1) is 6.58 Å². The minimum Gasteiger partial charge on any atom is -1.00 e. The van der Waals surface area contributed by atoms with Crippen LogP contribution in [0.15, 0.2) is 47.9 Å². The van der Waals surface area contributed by atoms with Gasteiger partial charge in [0, 0.05) is 0 Å². The molecule has 0 unspecified atom stereocenters. The van der Waals surface area contributed by atoms with Crippen LogP contribution in [0.3, 0.4) is 0 Å². The van der Waals surface area contributed by atoms with Gasteiger partial charge in [0.05, 0.1) is 11.5 Å². The summed E-state index contributed by atoms with van der Waals surface area (Å²) < 4.78 is 27.3. The smallest absolute Gasteiger partial charge is 1.00 e. The molecule has 0 heterocycles. The first kappa shape index (κ1) is 14.5. The monoisotopic (exact) mass is 238 g/mol. The Labute approximate surface area is 128 Å². The standard InChI is InChI=1S/C9H10O3S.K.H/c1-2-8-12-13(10,11)9-6-4-3-5-7-9;;/h2-7H,1,8H2;;/q;+1;-1. The van der Waals surface area contributed by atoms with Crippen LogP contribution in [-0.4, -0.2) is 15.0 Å². The average Bonchev–Trinajstić information content (AvgIpc) is 2.16. The van der Waals surface area contributed by atoms with Gasteiger partial charge in [0.25, 0.3) is 10.1 Å². The molecule has 0 aromatic heterocycles. The Hall–Kier alpha value is 0.506. The molecule has 0 saturated heterocycles. The van der Waals surface area contributed by atoms with E-state index in [1.165, 1.54) is 18.2 Å². The molecule has 0 spiro atoms. The van der Waals surface area contributed by atoms with Gasteiger partial charge in [-0.05, 0) is 12.1 Å². The van der Waals surface area contributed by atoms with Crippen molar-refractivity contribution < 1.29 is 65.4 Å². The van der Waals surface area contributed by atoms with Crippen molar-refractivity contribution in [2.45, 2.75) is 4.90 Å². The summed E-state index contributed by atoms with van der Waals surface area (Å²) in [5, 5.41) is 0. The van der Waals surface area contributed by atoms with E-state index >= 15 is 0 Å². The summed E-state index contributed by atoms with van der Waals surface area (Å²) in [4.78, 5) is 0.164. The minimum absolute atomic E-state index is 0. The number of rotatable bonds is 4. The SMILES string of the molecule is C=CCOS(=O)(=O)c1ccccc1.[H-].[K+]. The molecule has 0 aliphatic rings. The van der Waals surface area contributed by atoms with E-state index in [1.807, 2.05) is 0 Å². The Morgan fingerprint density at radius 3 is 2.43 bits per heavy atom. The first-order valence-electron chi connectivity index (χ1n) is 3.72. The van der Waals surface area contributed by atoms with E-state index in [0.717, 1.165) is 0 Å². The predicted molar refractivity (Wildman–Crippen MR) is 50.9 cm³/mol. The van der Waals surface area contributed by atoms with Crippen molar-refractivity contribution >= 4 is 10.1 Å². The van der Waals surface area contributed by atoms with Crippen LogP contribution in [0.5, 0.6) is 0 Å². The van der Waals surface area contributed by atoms with Crippen LogP contribution in [0.4, 0.5) is 0 Å². The Kier molecular flexibility index (Phi) is 7.14. The Balaban J connectivity index is 0. The summed E-state index contributed by atoms with van der Waals surface area (Å²) in [5.74, 6) is 0. The Bertz CT molecular complexity index is 378. The molecule has 1 aromatic rings. The quantitative estimate of drug-likeness (QED) is 0.372. The van der Waals surface area contributed by atoms with E-state index in [-0.39, 0.29) is 64.3 Å². The zero-order chi connectivity index (χ0) is 9.73. The zero-order valence-electron chi connectivity index (χ0n) is 9.01.